The number of hydrogen-bond acceptors (Lipinski definition) is 3. The van der Waals surface area contributed by atoms with Crippen LogP contribution in [0.2, 0.25) is 0 Å². The SMILES string of the molecule is C=C1C=C2C3(CCC(CC(CO)CC4=CCN=C4)C3)CC3(CCCC3CO)C3CC=CC4(C1C4(C)C)C23C. The van der Waals surface area contributed by atoms with E-state index in [1.165, 1.54) is 62.5 Å². The quantitative estimate of drug-likeness (QED) is 0.372. The highest BCUT2D eigenvalue weighted by atomic mass is 16.3. The van der Waals surface area contributed by atoms with E-state index in [2.05, 4.69) is 50.1 Å². The van der Waals surface area contributed by atoms with E-state index in [0.29, 0.717) is 36.2 Å². The number of allylic oxidation sites excluding steroid dienone is 6. The molecular weight excluding hydrogens is 466 g/mol. The van der Waals surface area contributed by atoms with E-state index in [1.807, 2.05) is 6.21 Å². The van der Waals surface area contributed by atoms with Crippen molar-refractivity contribution in [2.24, 2.45) is 61.7 Å². The number of nitrogens with zero attached hydrogens (tertiary/aromatic N) is 1. The molecule has 0 aromatic carbocycles. The van der Waals surface area contributed by atoms with E-state index in [-0.39, 0.29) is 33.7 Å². The molecule has 0 amide bonds. The van der Waals surface area contributed by atoms with Crippen LogP contribution in [0.15, 0.2) is 52.6 Å². The van der Waals surface area contributed by atoms with Crippen molar-refractivity contribution in [3.63, 3.8) is 0 Å². The summed E-state index contributed by atoms with van der Waals surface area (Å²) in [6, 6.07) is 0. The van der Waals surface area contributed by atoms with Crippen molar-refractivity contribution >= 4 is 6.21 Å². The first-order valence-corrected chi connectivity index (χ1v) is 15.7. The fourth-order valence-electron chi connectivity index (χ4n) is 12.6. The number of rotatable bonds is 6. The molecule has 206 valence electrons. The number of aliphatic imine (C=N–C) groups is 1. The van der Waals surface area contributed by atoms with Gasteiger partial charge in [0.1, 0.15) is 0 Å². The van der Waals surface area contributed by atoms with Crippen molar-refractivity contribution in [1.82, 2.24) is 0 Å². The smallest absolute Gasteiger partial charge is 0.0576 e. The Hall–Kier alpha value is -1.45. The van der Waals surface area contributed by atoms with Crippen LogP contribution >= 0.6 is 0 Å². The van der Waals surface area contributed by atoms with Gasteiger partial charge in [-0.2, -0.15) is 0 Å². The maximum atomic E-state index is 10.8. The summed E-state index contributed by atoms with van der Waals surface area (Å²) in [4.78, 5) is 4.38. The lowest BCUT2D eigenvalue weighted by Gasteiger charge is -2.67. The van der Waals surface area contributed by atoms with Crippen LogP contribution in [0.25, 0.3) is 0 Å². The molecule has 3 heteroatoms. The van der Waals surface area contributed by atoms with Gasteiger partial charge in [0.15, 0.2) is 0 Å². The zero-order valence-electron chi connectivity index (χ0n) is 24.0. The highest BCUT2D eigenvalue weighted by Gasteiger charge is 2.84. The first-order chi connectivity index (χ1) is 18.2. The summed E-state index contributed by atoms with van der Waals surface area (Å²) >= 11 is 0. The molecule has 6 aliphatic carbocycles. The van der Waals surface area contributed by atoms with Gasteiger partial charge in [0.05, 0.1) is 6.54 Å². The molecule has 0 aromatic rings. The normalized spacial score (nSPS) is 48.3. The van der Waals surface area contributed by atoms with E-state index in [0.717, 1.165) is 19.4 Å². The molecule has 38 heavy (non-hydrogen) atoms. The van der Waals surface area contributed by atoms with Gasteiger partial charge in [0, 0.05) is 30.3 Å². The highest BCUT2D eigenvalue weighted by molar-refractivity contribution is 5.80. The first kappa shape index (κ1) is 25.5. The third kappa shape index (κ3) is 2.96. The highest BCUT2D eigenvalue weighted by Crippen LogP contribution is 2.89. The minimum Gasteiger partial charge on any atom is -0.396 e. The molecule has 0 aromatic heterocycles. The van der Waals surface area contributed by atoms with Gasteiger partial charge >= 0.3 is 0 Å². The molecule has 2 N–H and O–H groups in total. The third-order valence-electron chi connectivity index (χ3n) is 13.8. The fraction of sp³-hybridized carbons (Fsp3) is 0.743. The van der Waals surface area contributed by atoms with Gasteiger partial charge < -0.3 is 10.2 Å². The topological polar surface area (TPSA) is 52.8 Å². The zero-order chi connectivity index (χ0) is 26.6. The van der Waals surface area contributed by atoms with Crippen molar-refractivity contribution in [2.45, 2.75) is 85.0 Å². The lowest BCUT2D eigenvalue weighted by molar-refractivity contribution is -0.110. The molecule has 7 rings (SSSR count). The standard InChI is InChI=1S/C35H49NO2/c1-23-15-29-32(4)28(8-6-12-35(32)30(23)31(35,2)3)34(11-5-7-27(34)21-38)22-33(29)13-9-24(18-33)16-26(20-37)17-25-10-14-36-19-25/h6,10,12,15,19,24,26-28,30,37-38H,1,5,7-9,11,13-14,16-18,20-22H2,2-4H3. The Labute approximate surface area is 230 Å². The van der Waals surface area contributed by atoms with Crippen LogP contribution in [-0.2, 0) is 0 Å². The van der Waals surface area contributed by atoms with Crippen molar-refractivity contribution in [2.75, 3.05) is 19.8 Å². The molecule has 9 atom stereocenters. The zero-order valence-corrected chi connectivity index (χ0v) is 24.0. The second-order valence-corrected chi connectivity index (χ2v) is 15.4. The van der Waals surface area contributed by atoms with E-state index in [9.17, 15) is 10.2 Å². The Morgan fingerprint density at radius 3 is 2.74 bits per heavy atom. The lowest BCUT2D eigenvalue weighted by Crippen LogP contribution is -2.60. The van der Waals surface area contributed by atoms with Crippen LogP contribution in [-0.4, -0.2) is 36.2 Å². The molecular formula is C35H49NO2. The fourth-order valence-corrected chi connectivity index (χ4v) is 12.6. The molecule has 0 saturated heterocycles. The molecule has 4 fully saturated rings. The second-order valence-electron chi connectivity index (χ2n) is 15.4. The van der Waals surface area contributed by atoms with Crippen LogP contribution in [0.4, 0.5) is 0 Å². The molecule has 7 aliphatic rings. The minimum atomic E-state index is 0.142. The number of hydrogen-bond donors (Lipinski definition) is 2. The van der Waals surface area contributed by atoms with E-state index in [4.69, 9.17) is 6.58 Å². The van der Waals surface area contributed by atoms with Crippen LogP contribution in [0, 0.1) is 56.7 Å². The van der Waals surface area contributed by atoms with Crippen LogP contribution in [0.5, 0.6) is 0 Å². The van der Waals surface area contributed by atoms with Gasteiger partial charge in [-0.3, -0.25) is 4.99 Å². The van der Waals surface area contributed by atoms with Crippen molar-refractivity contribution in [3.8, 4) is 0 Å². The summed E-state index contributed by atoms with van der Waals surface area (Å²) in [6.45, 7) is 13.8. The van der Waals surface area contributed by atoms with Crippen LogP contribution in [0.1, 0.15) is 85.0 Å². The average molecular weight is 516 g/mol. The maximum Gasteiger partial charge on any atom is 0.0576 e. The van der Waals surface area contributed by atoms with Crippen molar-refractivity contribution in [3.05, 3.63) is 47.6 Å². The van der Waals surface area contributed by atoms with Gasteiger partial charge in [-0.1, -0.05) is 69.2 Å². The summed E-state index contributed by atoms with van der Waals surface area (Å²) in [5.41, 5.74) is 5.44. The van der Waals surface area contributed by atoms with Gasteiger partial charge in [-0.05, 0) is 109 Å². The van der Waals surface area contributed by atoms with E-state index < -0.39 is 0 Å². The largest absolute Gasteiger partial charge is 0.396 e. The molecule has 0 bridgehead atoms. The van der Waals surface area contributed by atoms with Crippen LogP contribution in [0.3, 0.4) is 0 Å². The summed E-state index contributed by atoms with van der Waals surface area (Å²) in [5, 5.41) is 21.1. The van der Waals surface area contributed by atoms with E-state index >= 15 is 0 Å². The lowest BCUT2D eigenvalue weighted by atomic mass is 9.37. The summed E-state index contributed by atoms with van der Waals surface area (Å²) in [5.74, 6) is 2.59. The predicted octanol–water partition coefficient (Wildman–Crippen LogP) is 7.08. The number of aliphatic hydroxyl groups excluding tert-OH is 2. The Balaban J connectivity index is 1.29. The molecule has 1 heterocycles. The van der Waals surface area contributed by atoms with Gasteiger partial charge in [0.25, 0.3) is 0 Å². The van der Waals surface area contributed by atoms with Gasteiger partial charge in [0.2, 0.25) is 0 Å². The molecule has 4 saturated carbocycles. The Bertz CT molecular complexity index is 1160. The minimum absolute atomic E-state index is 0.142. The summed E-state index contributed by atoms with van der Waals surface area (Å²) in [7, 11) is 0. The molecule has 3 spiro atoms. The second kappa shape index (κ2) is 8.29. The molecule has 0 radical (unpaired) electrons. The molecule has 1 aliphatic heterocycles. The Morgan fingerprint density at radius 2 is 2.00 bits per heavy atom. The molecule has 3 nitrogen and oxygen atoms in total. The first-order valence-electron chi connectivity index (χ1n) is 15.7. The average Bonchev–Trinajstić information content (AvgIpc) is 3.44. The van der Waals surface area contributed by atoms with Crippen molar-refractivity contribution < 1.29 is 10.2 Å². The number of fused-ring (bicyclic) bond motifs is 2. The van der Waals surface area contributed by atoms with Gasteiger partial charge in [-0.25, -0.2) is 0 Å². The van der Waals surface area contributed by atoms with Crippen molar-refractivity contribution in [1.29, 1.82) is 0 Å². The molecule has 9 unspecified atom stereocenters. The summed E-state index contributed by atoms with van der Waals surface area (Å²) in [6.07, 6.45) is 24.1. The predicted molar refractivity (Wildman–Crippen MR) is 155 cm³/mol. The third-order valence-corrected chi connectivity index (χ3v) is 13.8. The Morgan fingerprint density at radius 1 is 1.16 bits per heavy atom. The summed E-state index contributed by atoms with van der Waals surface area (Å²) < 4.78 is 0. The van der Waals surface area contributed by atoms with E-state index in [1.54, 1.807) is 5.57 Å². The number of aliphatic hydroxyl groups is 2. The monoisotopic (exact) mass is 515 g/mol. The maximum absolute atomic E-state index is 10.8. The van der Waals surface area contributed by atoms with Crippen LogP contribution < -0.4 is 0 Å². The van der Waals surface area contributed by atoms with Gasteiger partial charge in [-0.15, -0.1) is 0 Å². The Kier molecular flexibility index (Phi) is 5.57.